The Bertz CT molecular complexity index is 1640. The topological polar surface area (TPSA) is 75.5 Å². The summed E-state index contributed by atoms with van der Waals surface area (Å²) in [6.07, 6.45) is 3.21. The zero-order valence-electron chi connectivity index (χ0n) is 27.6. The summed E-state index contributed by atoms with van der Waals surface area (Å²) in [5.41, 5.74) is 9.30. The fourth-order valence-electron chi connectivity index (χ4n) is 6.42. The summed E-state index contributed by atoms with van der Waals surface area (Å²) in [4.78, 5) is 13.9. The van der Waals surface area contributed by atoms with Gasteiger partial charge in [-0.1, -0.05) is 55.2 Å². The predicted molar refractivity (Wildman–Crippen MR) is 178 cm³/mol. The van der Waals surface area contributed by atoms with E-state index in [9.17, 15) is 4.79 Å². The molecule has 0 radical (unpaired) electrons. The van der Waals surface area contributed by atoms with E-state index in [1.807, 2.05) is 45.2 Å². The minimum atomic E-state index is -1.35. The molecule has 3 aromatic carbocycles. The first kappa shape index (κ1) is 31.9. The van der Waals surface area contributed by atoms with Gasteiger partial charge in [-0.15, -0.1) is 5.10 Å². The van der Waals surface area contributed by atoms with Gasteiger partial charge in [-0.2, -0.15) is 0 Å². The Kier molecular flexibility index (Phi) is 9.32. The summed E-state index contributed by atoms with van der Waals surface area (Å²) in [5, 5.41) is 8.76. The van der Waals surface area contributed by atoms with Crippen molar-refractivity contribution in [3.8, 4) is 5.75 Å². The molecule has 0 amide bonds. The number of benzene rings is 3. The zero-order valence-corrected chi connectivity index (χ0v) is 28.6. The average Bonchev–Trinajstić information content (AvgIpc) is 3.61. The molecule has 0 N–H and O–H groups in total. The molecule has 0 bridgehead atoms. The molecule has 0 saturated carbocycles. The van der Waals surface area contributed by atoms with Gasteiger partial charge in [0.25, 0.3) is 0 Å². The standard InChI is InChI=1S/C36H47N3O4Si/c1-24-30(16-17-32-34(24)37-38-39(32)4)33(36(2,3)35(40)43-18-19-44(6,7)8)27-20-26-10-9-11-31(26)28(21-27)23-42-22-25-12-14-29(41-5)15-13-25/h12-17,20-21,33H,9-11,18-19,22-23H2,1-8H3/t33-/m0/s1. The maximum atomic E-state index is 13.9. The van der Waals surface area contributed by atoms with E-state index in [1.54, 1.807) is 11.8 Å². The molecule has 0 spiro atoms. The van der Waals surface area contributed by atoms with Crippen molar-refractivity contribution in [1.82, 2.24) is 15.0 Å². The smallest absolute Gasteiger partial charge is 0.312 e. The van der Waals surface area contributed by atoms with E-state index in [4.69, 9.17) is 14.2 Å². The molecular formula is C36H47N3O4Si. The van der Waals surface area contributed by atoms with Crippen molar-refractivity contribution in [2.24, 2.45) is 12.5 Å². The normalized spacial score (nSPS) is 14.1. The summed E-state index contributed by atoms with van der Waals surface area (Å²) in [6, 6.07) is 17.8. The molecule has 1 aliphatic rings. The van der Waals surface area contributed by atoms with Gasteiger partial charge < -0.3 is 14.2 Å². The van der Waals surface area contributed by atoms with Crippen LogP contribution in [0, 0.1) is 12.3 Å². The summed E-state index contributed by atoms with van der Waals surface area (Å²) >= 11 is 0. The van der Waals surface area contributed by atoms with Crippen molar-refractivity contribution in [3.05, 3.63) is 87.5 Å². The molecule has 234 valence electrons. The van der Waals surface area contributed by atoms with Crippen LogP contribution < -0.4 is 4.74 Å². The van der Waals surface area contributed by atoms with Crippen molar-refractivity contribution >= 4 is 25.1 Å². The van der Waals surface area contributed by atoms with Gasteiger partial charge in [0.05, 0.1) is 37.9 Å². The van der Waals surface area contributed by atoms with Gasteiger partial charge in [-0.25, -0.2) is 4.68 Å². The lowest BCUT2D eigenvalue weighted by Gasteiger charge is -2.35. The number of carbonyl (C=O) groups excluding carboxylic acids is 1. The van der Waals surface area contributed by atoms with Gasteiger partial charge in [0.15, 0.2) is 0 Å². The van der Waals surface area contributed by atoms with E-state index >= 15 is 0 Å². The number of esters is 1. The number of aromatic nitrogens is 3. The van der Waals surface area contributed by atoms with Gasteiger partial charge in [0.1, 0.15) is 11.3 Å². The van der Waals surface area contributed by atoms with E-state index < -0.39 is 13.5 Å². The highest BCUT2D eigenvalue weighted by Crippen LogP contribution is 2.46. The van der Waals surface area contributed by atoms with Gasteiger partial charge in [0.2, 0.25) is 0 Å². The number of nitrogens with zero attached hydrogens (tertiary/aromatic N) is 3. The lowest BCUT2D eigenvalue weighted by atomic mass is 9.69. The Morgan fingerprint density at radius 3 is 2.50 bits per heavy atom. The molecule has 0 aliphatic heterocycles. The lowest BCUT2D eigenvalue weighted by molar-refractivity contribution is -0.154. The number of hydrogen-bond donors (Lipinski definition) is 0. The zero-order chi connectivity index (χ0) is 31.6. The number of hydrogen-bond acceptors (Lipinski definition) is 6. The van der Waals surface area contributed by atoms with Crippen LogP contribution in [0.15, 0.2) is 48.5 Å². The SMILES string of the molecule is COc1ccc(COCc2cc([C@@H](c3ccc4c(nnn4C)c3C)C(C)(C)C(=O)OCC[Si](C)(C)C)cc3c2CCC3)cc1. The second-order valence-corrected chi connectivity index (χ2v) is 19.6. The molecule has 4 aromatic rings. The van der Waals surface area contributed by atoms with Crippen LogP contribution in [0.25, 0.3) is 11.0 Å². The minimum absolute atomic E-state index is 0.169. The van der Waals surface area contributed by atoms with E-state index in [-0.39, 0.29) is 11.9 Å². The molecule has 0 fully saturated rings. The Labute approximate surface area is 262 Å². The Morgan fingerprint density at radius 2 is 1.80 bits per heavy atom. The van der Waals surface area contributed by atoms with E-state index in [1.165, 1.54) is 16.7 Å². The second kappa shape index (κ2) is 12.9. The Hall–Kier alpha value is -3.49. The van der Waals surface area contributed by atoms with Crippen molar-refractivity contribution in [2.75, 3.05) is 13.7 Å². The highest BCUT2D eigenvalue weighted by molar-refractivity contribution is 6.76. The number of methoxy groups -OCH3 is 1. The summed E-state index contributed by atoms with van der Waals surface area (Å²) in [5.74, 6) is 0.429. The third kappa shape index (κ3) is 6.76. The molecule has 1 heterocycles. The first-order chi connectivity index (χ1) is 20.9. The van der Waals surface area contributed by atoms with E-state index in [0.29, 0.717) is 19.8 Å². The molecule has 5 rings (SSSR count). The first-order valence-corrected chi connectivity index (χ1v) is 19.4. The Balaban J connectivity index is 1.52. The van der Waals surface area contributed by atoms with Gasteiger partial charge in [0, 0.05) is 21.0 Å². The summed E-state index contributed by atoms with van der Waals surface area (Å²) in [7, 11) is 2.23. The van der Waals surface area contributed by atoms with E-state index in [0.717, 1.165) is 64.3 Å². The van der Waals surface area contributed by atoms with Crippen LogP contribution in [0.4, 0.5) is 0 Å². The van der Waals surface area contributed by atoms with Crippen LogP contribution in [0.3, 0.4) is 0 Å². The molecule has 8 heteroatoms. The number of rotatable bonds is 12. The average molecular weight is 614 g/mol. The second-order valence-electron chi connectivity index (χ2n) is 14.0. The minimum Gasteiger partial charge on any atom is -0.497 e. The number of aryl methyl sites for hydroxylation is 3. The first-order valence-electron chi connectivity index (χ1n) is 15.7. The van der Waals surface area contributed by atoms with Gasteiger partial charge in [-0.05, 0) is 103 Å². The molecule has 1 aromatic heterocycles. The molecule has 0 unspecified atom stereocenters. The molecule has 1 aliphatic carbocycles. The third-order valence-corrected chi connectivity index (χ3v) is 10.8. The van der Waals surface area contributed by atoms with Gasteiger partial charge in [-0.3, -0.25) is 4.79 Å². The highest BCUT2D eigenvalue weighted by atomic mass is 28.3. The summed E-state index contributed by atoms with van der Waals surface area (Å²) in [6.45, 7) is 14.6. The quantitative estimate of drug-likeness (QED) is 0.121. The molecule has 0 saturated heterocycles. The highest BCUT2D eigenvalue weighted by Gasteiger charge is 2.42. The summed E-state index contributed by atoms with van der Waals surface area (Å²) < 4.78 is 19.4. The van der Waals surface area contributed by atoms with Crippen molar-refractivity contribution in [1.29, 1.82) is 0 Å². The molecule has 1 atom stereocenters. The monoisotopic (exact) mass is 613 g/mol. The maximum Gasteiger partial charge on any atom is 0.312 e. The fourth-order valence-corrected chi connectivity index (χ4v) is 7.14. The maximum absolute atomic E-state index is 13.9. The van der Waals surface area contributed by atoms with Crippen LogP contribution in [0.2, 0.25) is 25.7 Å². The molecule has 7 nitrogen and oxygen atoms in total. The van der Waals surface area contributed by atoms with Crippen LogP contribution in [-0.4, -0.2) is 42.8 Å². The number of ether oxygens (including phenoxy) is 3. The largest absolute Gasteiger partial charge is 0.497 e. The van der Waals surface area contributed by atoms with Crippen molar-refractivity contribution < 1.29 is 19.0 Å². The fraction of sp³-hybridized carbons (Fsp3) is 0.472. The third-order valence-electron chi connectivity index (χ3n) is 9.07. The van der Waals surface area contributed by atoms with Crippen LogP contribution >= 0.6 is 0 Å². The predicted octanol–water partition coefficient (Wildman–Crippen LogP) is 7.53. The van der Waals surface area contributed by atoms with Crippen LogP contribution in [0.1, 0.15) is 65.1 Å². The van der Waals surface area contributed by atoms with Gasteiger partial charge >= 0.3 is 5.97 Å². The van der Waals surface area contributed by atoms with Crippen molar-refractivity contribution in [3.63, 3.8) is 0 Å². The molecular weight excluding hydrogens is 566 g/mol. The number of carbonyl (C=O) groups is 1. The van der Waals surface area contributed by atoms with Crippen LogP contribution in [-0.2, 0) is 47.4 Å². The van der Waals surface area contributed by atoms with E-state index in [2.05, 4.69) is 61.1 Å². The number of fused-ring (bicyclic) bond motifs is 2. The Morgan fingerprint density at radius 1 is 1.05 bits per heavy atom. The van der Waals surface area contributed by atoms with Crippen molar-refractivity contribution in [2.45, 2.75) is 84.9 Å². The lowest BCUT2D eigenvalue weighted by Crippen LogP contribution is -2.35. The van der Waals surface area contributed by atoms with Crippen LogP contribution in [0.5, 0.6) is 5.75 Å². The molecule has 44 heavy (non-hydrogen) atoms.